The van der Waals surface area contributed by atoms with Gasteiger partial charge in [0.2, 0.25) is 0 Å². The molecule has 1 aromatic heterocycles. The van der Waals surface area contributed by atoms with Gasteiger partial charge in [0, 0.05) is 18.0 Å². The molecule has 1 fully saturated rings. The number of likely N-dealkylation sites (tertiary alicyclic amines) is 1. The zero-order valence-electron chi connectivity index (χ0n) is 11.0. The van der Waals surface area contributed by atoms with Gasteiger partial charge in [0.15, 0.2) is 0 Å². The molecule has 1 aromatic rings. The van der Waals surface area contributed by atoms with Crippen LogP contribution in [0.2, 0.25) is 0 Å². The molecule has 1 atom stereocenters. The molecule has 3 rings (SSSR count). The average molecular weight is 274 g/mol. The fourth-order valence-corrected chi connectivity index (χ4v) is 4.24. The van der Waals surface area contributed by atoms with Crippen molar-refractivity contribution in [2.45, 2.75) is 38.5 Å². The lowest BCUT2D eigenvalue weighted by Crippen LogP contribution is -2.39. The van der Waals surface area contributed by atoms with Crippen molar-refractivity contribution < 1.29 is 4.79 Å². The van der Waals surface area contributed by atoms with Crippen molar-refractivity contribution in [3.63, 3.8) is 0 Å². The summed E-state index contributed by atoms with van der Waals surface area (Å²) in [6.45, 7) is 1.41. The van der Waals surface area contributed by atoms with Crippen molar-refractivity contribution in [2.75, 3.05) is 13.1 Å². The monoisotopic (exact) mass is 274 g/mol. The number of hydrogen-bond acceptors (Lipinski definition) is 3. The van der Waals surface area contributed by atoms with E-state index in [0.29, 0.717) is 6.54 Å². The quantitative estimate of drug-likeness (QED) is 0.790. The Balaban J connectivity index is 1.76. The van der Waals surface area contributed by atoms with Crippen LogP contribution in [0.15, 0.2) is 6.07 Å². The summed E-state index contributed by atoms with van der Waals surface area (Å²) >= 11 is 1.67. The summed E-state index contributed by atoms with van der Waals surface area (Å²) in [5.41, 5.74) is 1.38. The van der Waals surface area contributed by atoms with E-state index in [1.807, 2.05) is 4.90 Å². The highest BCUT2D eigenvalue weighted by Crippen LogP contribution is 2.31. The molecule has 1 aliphatic heterocycles. The zero-order valence-corrected chi connectivity index (χ0v) is 11.8. The summed E-state index contributed by atoms with van der Waals surface area (Å²) < 4.78 is 0. The molecular weight excluding hydrogens is 256 g/mol. The molecule has 1 aliphatic carbocycles. The molecule has 0 aromatic carbocycles. The van der Waals surface area contributed by atoms with E-state index in [0.717, 1.165) is 37.1 Å². The smallest absolute Gasteiger partial charge is 0.263 e. The average Bonchev–Trinajstić information content (AvgIpc) is 2.90. The van der Waals surface area contributed by atoms with Crippen molar-refractivity contribution in [1.82, 2.24) is 4.90 Å². The van der Waals surface area contributed by atoms with Crippen molar-refractivity contribution in [3.8, 4) is 6.07 Å². The first-order valence-corrected chi connectivity index (χ1v) is 7.90. The minimum atomic E-state index is 0.0206. The lowest BCUT2D eigenvalue weighted by Gasteiger charge is -2.29. The van der Waals surface area contributed by atoms with E-state index in [1.165, 1.54) is 23.3 Å². The number of carbonyl (C=O) groups excluding carboxylic acids is 1. The first-order chi connectivity index (χ1) is 9.28. The summed E-state index contributed by atoms with van der Waals surface area (Å²) in [5.74, 6) is 0.159. The van der Waals surface area contributed by atoms with Gasteiger partial charge in [0.1, 0.15) is 0 Å². The van der Waals surface area contributed by atoms with E-state index in [-0.39, 0.29) is 11.8 Å². The molecule has 100 valence electrons. The summed E-state index contributed by atoms with van der Waals surface area (Å²) in [7, 11) is 0. The predicted octanol–water partition coefficient (Wildman–Crippen LogP) is 3.00. The summed E-state index contributed by atoms with van der Waals surface area (Å²) in [4.78, 5) is 16.7. The lowest BCUT2D eigenvalue weighted by atomic mass is 9.98. The van der Waals surface area contributed by atoms with Gasteiger partial charge in [-0.25, -0.2) is 0 Å². The standard InChI is InChI=1S/C15H18N2OS/c16-9-11-4-3-7-17(10-11)15(18)14-8-12-5-1-2-6-13(12)19-14/h8,11H,1-7,10H2. The van der Waals surface area contributed by atoms with Crippen molar-refractivity contribution >= 4 is 17.2 Å². The van der Waals surface area contributed by atoms with Gasteiger partial charge in [-0.05, 0) is 50.2 Å². The second kappa shape index (κ2) is 5.34. The van der Waals surface area contributed by atoms with E-state index >= 15 is 0 Å². The molecule has 0 spiro atoms. The predicted molar refractivity (Wildman–Crippen MR) is 75.2 cm³/mol. The van der Waals surface area contributed by atoms with Crippen LogP contribution in [0.25, 0.3) is 0 Å². The SMILES string of the molecule is N#CC1CCCN(C(=O)c2cc3c(s2)CCCC3)C1. The highest BCUT2D eigenvalue weighted by molar-refractivity contribution is 7.14. The second-order valence-electron chi connectivity index (χ2n) is 5.49. The first-order valence-electron chi connectivity index (χ1n) is 7.08. The van der Waals surface area contributed by atoms with Crippen LogP contribution in [0.1, 0.15) is 45.8 Å². The molecule has 3 nitrogen and oxygen atoms in total. The number of hydrogen-bond donors (Lipinski definition) is 0. The van der Waals surface area contributed by atoms with Gasteiger partial charge in [-0.3, -0.25) is 4.79 Å². The van der Waals surface area contributed by atoms with Gasteiger partial charge >= 0.3 is 0 Å². The number of nitriles is 1. The maximum absolute atomic E-state index is 12.5. The normalized spacial score (nSPS) is 22.7. The Bertz CT molecular complexity index is 505. The van der Waals surface area contributed by atoms with Gasteiger partial charge < -0.3 is 4.90 Å². The Labute approximate surface area is 117 Å². The van der Waals surface area contributed by atoms with Crippen LogP contribution in [0, 0.1) is 17.2 Å². The molecule has 1 unspecified atom stereocenters. The van der Waals surface area contributed by atoms with Gasteiger partial charge in [-0.15, -0.1) is 11.3 Å². The molecule has 19 heavy (non-hydrogen) atoms. The Morgan fingerprint density at radius 2 is 2.21 bits per heavy atom. The van der Waals surface area contributed by atoms with Crippen molar-refractivity contribution in [2.24, 2.45) is 5.92 Å². The molecule has 0 radical (unpaired) electrons. The zero-order chi connectivity index (χ0) is 13.2. The van der Waals surface area contributed by atoms with E-state index < -0.39 is 0 Å². The molecule has 1 saturated heterocycles. The Kier molecular flexibility index (Phi) is 3.56. The van der Waals surface area contributed by atoms with Crippen LogP contribution in [-0.4, -0.2) is 23.9 Å². The van der Waals surface area contributed by atoms with E-state index in [2.05, 4.69) is 12.1 Å². The fraction of sp³-hybridized carbons (Fsp3) is 0.600. The highest BCUT2D eigenvalue weighted by Gasteiger charge is 2.26. The van der Waals surface area contributed by atoms with Crippen LogP contribution >= 0.6 is 11.3 Å². The molecule has 0 bridgehead atoms. The van der Waals surface area contributed by atoms with Crippen molar-refractivity contribution in [3.05, 3.63) is 21.4 Å². The number of thiophene rings is 1. The van der Waals surface area contributed by atoms with Crippen LogP contribution < -0.4 is 0 Å². The third-order valence-electron chi connectivity index (χ3n) is 4.10. The number of aryl methyl sites for hydroxylation is 2. The van der Waals surface area contributed by atoms with Crippen LogP contribution in [0.3, 0.4) is 0 Å². The Morgan fingerprint density at radius 1 is 1.37 bits per heavy atom. The van der Waals surface area contributed by atoms with E-state index in [9.17, 15) is 4.79 Å². The van der Waals surface area contributed by atoms with E-state index in [1.54, 1.807) is 11.3 Å². The summed E-state index contributed by atoms with van der Waals surface area (Å²) in [6.07, 6.45) is 6.64. The molecule has 0 saturated carbocycles. The first kappa shape index (κ1) is 12.7. The van der Waals surface area contributed by atoms with Gasteiger partial charge in [-0.2, -0.15) is 5.26 Å². The lowest BCUT2D eigenvalue weighted by molar-refractivity contribution is 0.0703. The van der Waals surface area contributed by atoms with E-state index in [4.69, 9.17) is 5.26 Å². The third-order valence-corrected chi connectivity index (χ3v) is 5.32. The molecule has 2 heterocycles. The Hall–Kier alpha value is -1.34. The summed E-state index contributed by atoms with van der Waals surface area (Å²) in [6, 6.07) is 4.39. The van der Waals surface area contributed by atoms with Crippen LogP contribution in [0.4, 0.5) is 0 Å². The molecule has 2 aliphatic rings. The van der Waals surface area contributed by atoms with Gasteiger partial charge in [-0.1, -0.05) is 0 Å². The third kappa shape index (κ3) is 2.52. The number of carbonyl (C=O) groups is 1. The minimum Gasteiger partial charge on any atom is -0.337 e. The maximum atomic E-state index is 12.5. The number of fused-ring (bicyclic) bond motifs is 1. The van der Waals surface area contributed by atoms with Crippen molar-refractivity contribution in [1.29, 1.82) is 5.26 Å². The Morgan fingerprint density at radius 3 is 3.00 bits per heavy atom. The molecule has 1 amide bonds. The largest absolute Gasteiger partial charge is 0.337 e. The number of rotatable bonds is 1. The van der Waals surface area contributed by atoms with Gasteiger partial charge in [0.25, 0.3) is 5.91 Å². The molecule has 4 heteroatoms. The fourth-order valence-electron chi connectivity index (χ4n) is 3.02. The topological polar surface area (TPSA) is 44.1 Å². The second-order valence-corrected chi connectivity index (χ2v) is 6.62. The summed E-state index contributed by atoms with van der Waals surface area (Å²) in [5, 5.41) is 9.01. The number of piperidine rings is 1. The van der Waals surface area contributed by atoms with Gasteiger partial charge in [0.05, 0.1) is 16.9 Å². The minimum absolute atomic E-state index is 0.0206. The molecule has 0 N–H and O–H groups in total. The number of amides is 1. The highest BCUT2D eigenvalue weighted by atomic mass is 32.1. The molecular formula is C15H18N2OS. The number of nitrogens with zero attached hydrogens (tertiary/aromatic N) is 2. The van der Waals surface area contributed by atoms with Crippen LogP contribution in [0.5, 0.6) is 0 Å². The maximum Gasteiger partial charge on any atom is 0.263 e. The van der Waals surface area contributed by atoms with Crippen LogP contribution in [-0.2, 0) is 12.8 Å².